The first kappa shape index (κ1) is 16.3. The lowest BCUT2D eigenvalue weighted by Crippen LogP contribution is -2.26. The number of amides is 1. The third kappa shape index (κ3) is 2.69. The van der Waals surface area contributed by atoms with Crippen LogP contribution in [0.5, 0.6) is 0 Å². The summed E-state index contributed by atoms with van der Waals surface area (Å²) in [6.07, 6.45) is 0. The predicted octanol–water partition coefficient (Wildman–Crippen LogP) is 2.67. The zero-order valence-corrected chi connectivity index (χ0v) is 13.6. The summed E-state index contributed by atoms with van der Waals surface area (Å²) >= 11 is 0. The standard InChI is InChI=1S/C18H18N4O/c1-11-15(9-19)17(16(10-20)12(2)22(11)4)13-6-5-7-14(8-13)18(23)21-3/h5-8,17H,1-4H3,(H,21,23). The number of carbonyl (C=O) groups excluding carboxylic acids is 1. The number of hydrogen-bond acceptors (Lipinski definition) is 4. The quantitative estimate of drug-likeness (QED) is 0.911. The van der Waals surface area contributed by atoms with E-state index in [1.165, 1.54) is 0 Å². The summed E-state index contributed by atoms with van der Waals surface area (Å²) in [6, 6.07) is 11.5. The van der Waals surface area contributed by atoms with E-state index in [0.717, 1.165) is 17.0 Å². The van der Waals surface area contributed by atoms with Crippen molar-refractivity contribution in [3.05, 3.63) is 57.9 Å². The lowest BCUT2D eigenvalue weighted by Gasteiger charge is -2.32. The monoisotopic (exact) mass is 306 g/mol. The smallest absolute Gasteiger partial charge is 0.251 e. The second kappa shape index (κ2) is 6.37. The molecule has 2 rings (SSSR count). The summed E-state index contributed by atoms with van der Waals surface area (Å²) in [6.45, 7) is 3.73. The summed E-state index contributed by atoms with van der Waals surface area (Å²) in [5, 5.41) is 21.8. The van der Waals surface area contributed by atoms with Crippen LogP contribution in [0.4, 0.5) is 0 Å². The number of benzene rings is 1. The number of rotatable bonds is 2. The van der Waals surface area contributed by atoms with Gasteiger partial charge in [-0.2, -0.15) is 10.5 Å². The van der Waals surface area contributed by atoms with E-state index in [-0.39, 0.29) is 5.91 Å². The van der Waals surface area contributed by atoms with Crippen molar-refractivity contribution in [1.82, 2.24) is 10.2 Å². The first-order valence-electron chi connectivity index (χ1n) is 7.23. The maximum atomic E-state index is 11.9. The highest BCUT2D eigenvalue weighted by atomic mass is 16.1. The first-order chi connectivity index (χ1) is 11.0. The van der Waals surface area contributed by atoms with Crippen LogP contribution < -0.4 is 5.32 Å². The van der Waals surface area contributed by atoms with Gasteiger partial charge in [-0.25, -0.2) is 0 Å². The number of nitrogens with zero attached hydrogens (tertiary/aromatic N) is 3. The van der Waals surface area contributed by atoms with Gasteiger partial charge in [-0.3, -0.25) is 4.79 Å². The lowest BCUT2D eigenvalue weighted by atomic mass is 9.80. The van der Waals surface area contributed by atoms with Crippen molar-refractivity contribution in [3.63, 3.8) is 0 Å². The molecule has 0 radical (unpaired) electrons. The van der Waals surface area contributed by atoms with Crippen LogP contribution in [0.15, 0.2) is 46.8 Å². The van der Waals surface area contributed by atoms with Crippen molar-refractivity contribution in [3.8, 4) is 12.1 Å². The van der Waals surface area contributed by atoms with Gasteiger partial charge in [0.25, 0.3) is 5.91 Å². The largest absolute Gasteiger partial charge is 0.355 e. The normalized spacial score (nSPS) is 15.3. The van der Waals surface area contributed by atoms with Crippen LogP contribution in [0, 0.1) is 22.7 Å². The molecule has 0 aliphatic carbocycles. The zero-order chi connectivity index (χ0) is 17.1. The summed E-state index contributed by atoms with van der Waals surface area (Å²) in [7, 11) is 3.41. The second-order valence-electron chi connectivity index (χ2n) is 5.42. The van der Waals surface area contributed by atoms with E-state index < -0.39 is 5.92 Å². The fourth-order valence-electron chi connectivity index (χ4n) is 2.80. The molecule has 0 fully saturated rings. The van der Waals surface area contributed by atoms with E-state index in [9.17, 15) is 15.3 Å². The van der Waals surface area contributed by atoms with Crippen LogP contribution in [0.1, 0.15) is 35.7 Å². The van der Waals surface area contributed by atoms with Crippen molar-refractivity contribution >= 4 is 5.91 Å². The van der Waals surface area contributed by atoms with Gasteiger partial charge in [-0.15, -0.1) is 0 Å². The number of carbonyl (C=O) groups is 1. The molecule has 116 valence electrons. The van der Waals surface area contributed by atoms with Crippen molar-refractivity contribution in [2.75, 3.05) is 14.1 Å². The Morgan fingerprint density at radius 3 is 2.22 bits per heavy atom. The van der Waals surface area contributed by atoms with Gasteiger partial charge in [-0.1, -0.05) is 12.1 Å². The van der Waals surface area contributed by atoms with Gasteiger partial charge in [0.1, 0.15) is 0 Å². The molecule has 5 heteroatoms. The van der Waals surface area contributed by atoms with E-state index in [0.29, 0.717) is 16.7 Å². The average Bonchev–Trinajstić information content (AvgIpc) is 2.58. The minimum atomic E-state index is -0.439. The van der Waals surface area contributed by atoms with E-state index in [2.05, 4.69) is 17.5 Å². The average molecular weight is 306 g/mol. The van der Waals surface area contributed by atoms with Gasteiger partial charge in [0, 0.05) is 31.1 Å². The fraction of sp³-hybridized carbons (Fsp3) is 0.278. The van der Waals surface area contributed by atoms with Crippen LogP contribution in [-0.2, 0) is 0 Å². The Morgan fingerprint density at radius 2 is 1.74 bits per heavy atom. The fourth-order valence-corrected chi connectivity index (χ4v) is 2.80. The molecule has 0 spiro atoms. The molecular formula is C18H18N4O. The Bertz CT molecular complexity index is 767. The number of nitriles is 2. The molecule has 0 aromatic heterocycles. The zero-order valence-electron chi connectivity index (χ0n) is 13.6. The van der Waals surface area contributed by atoms with Crippen molar-refractivity contribution in [2.24, 2.45) is 0 Å². The second-order valence-corrected chi connectivity index (χ2v) is 5.42. The van der Waals surface area contributed by atoms with E-state index in [4.69, 9.17) is 0 Å². The summed E-state index contributed by atoms with van der Waals surface area (Å²) < 4.78 is 0. The van der Waals surface area contributed by atoms with Gasteiger partial charge in [0.15, 0.2) is 0 Å². The third-order valence-electron chi connectivity index (χ3n) is 4.31. The van der Waals surface area contributed by atoms with Crippen LogP contribution in [-0.4, -0.2) is 24.9 Å². The Balaban J connectivity index is 2.66. The molecule has 0 saturated carbocycles. The summed E-state index contributed by atoms with van der Waals surface area (Å²) in [5.41, 5.74) is 3.98. The highest BCUT2D eigenvalue weighted by molar-refractivity contribution is 5.94. The molecular weight excluding hydrogens is 288 g/mol. The molecule has 1 aliphatic rings. The van der Waals surface area contributed by atoms with Gasteiger partial charge in [0.05, 0.1) is 29.2 Å². The Morgan fingerprint density at radius 1 is 1.17 bits per heavy atom. The Labute approximate surface area is 136 Å². The van der Waals surface area contributed by atoms with Crippen LogP contribution in [0.2, 0.25) is 0 Å². The van der Waals surface area contributed by atoms with Crippen LogP contribution in [0.3, 0.4) is 0 Å². The minimum Gasteiger partial charge on any atom is -0.355 e. The Kier molecular flexibility index (Phi) is 4.52. The van der Waals surface area contributed by atoms with Crippen molar-refractivity contribution in [2.45, 2.75) is 19.8 Å². The van der Waals surface area contributed by atoms with E-state index >= 15 is 0 Å². The molecule has 0 bridgehead atoms. The topological polar surface area (TPSA) is 79.9 Å². The molecule has 23 heavy (non-hydrogen) atoms. The summed E-state index contributed by atoms with van der Waals surface area (Å²) in [4.78, 5) is 13.7. The van der Waals surface area contributed by atoms with Gasteiger partial charge in [-0.05, 0) is 31.5 Å². The number of hydrogen-bond donors (Lipinski definition) is 1. The minimum absolute atomic E-state index is 0.196. The SMILES string of the molecule is CNC(=O)c1cccc(C2C(C#N)=C(C)N(C)C(C)=C2C#N)c1. The molecule has 1 aromatic rings. The summed E-state index contributed by atoms with van der Waals surface area (Å²) in [5.74, 6) is -0.635. The molecule has 5 nitrogen and oxygen atoms in total. The molecule has 1 N–H and O–H groups in total. The van der Waals surface area contributed by atoms with Gasteiger partial charge < -0.3 is 10.2 Å². The molecule has 0 atom stereocenters. The van der Waals surface area contributed by atoms with Crippen molar-refractivity contribution in [1.29, 1.82) is 10.5 Å². The van der Waals surface area contributed by atoms with E-state index in [1.807, 2.05) is 31.9 Å². The highest BCUT2D eigenvalue weighted by Gasteiger charge is 2.31. The maximum Gasteiger partial charge on any atom is 0.251 e. The van der Waals surface area contributed by atoms with E-state index in [1.54, 1.807) is 25.2 Å². The van der Waals surface area contributed by atoms with Crippen LogP contribution >= 0.6 is 0 Å². The molecule has 1 heterocycles. The molecule has 1 aliphatic heterocycles. The molecule has 1 aromatic carbocycles. The first-order valence-corrected chi connectivity index (χ1v) is 7.23. The molecule has 0 unspecified atom stereocenters. The van der Waals surface area contributed by atoms with Crippen molar-refractivity contribution < 1.29 is 4.79 Å². The Hall–Kier alpha value is -3.05. The van der Waals surface area contributed by atoms with Crippen LogP contribution in [0.25, 0.3) is 0 Å². The number of allylic oxidation sites excluding steroid dienone is 4. The maximum absolute atomic E-state index is 11.9. The predicted molar refractivity (Wildman–Crippen MR) is 87.0 cm³/mol. The van der Waals surface area contributed by atoms with Gasteiger partial charge >= 0.3 is 0 Å². The number of nitrogens with one attached hydrogen (secondary N) is 1. The molecule has 1 amide bonds. The highest BCUT2D eigenvalue weighted by Crippen LogP contribution is 2.40. The lowest BCUT2D eigenvalue weighted by molar-refractivity contribution is 0.0963. The third-order valence-corrected chi connectivity index (χ3v) is 4.31. The van der Waals surface area contributed by atoms with Gasteiger partial charge in [0.2, 0.25) is 0 Å². The molecule has 0 saturated heterocycles.